The van der Waals surface area contributed by atoms with Crippen LogP contribution in [0.2, 0.25) is 0 Å². The van der Waals surface area contributed by atoms with Gasteiger partial charge in [-0.15, -0.1) is 16.8 Å². The Morgan fingerprint density at radius 3 is 2.77 bits per heavy atom. The second kappa shape index (κ2) is 9.26. The highest BCUT2D eigenvalue weighted by Crippen LogP contribution is 2.33. The summed E-state index contributed by atoms with van der Waals surface area (Å²) in [6.07, 6.45) is 7.91. The van der Waals surface area contributed by atoms with Gasteiger partial charge in [-0.3, -0.25) is 9.36 Å². The summed E-state index contributed by atoms with van der Waals surface area (Å²) >= 11 is 1.49. The molecule has 0 saturated heterocycles. The fourth-order valence-electron chi connectivity index (χ4n) is 4.06. The lowest BCUT2D eigenvalue weighted by atomic mass is 9.89. The minimum Gasteiger partial charge on any atom is -0.302 e. The molecule has 0 spiro atoms. The summed E-state index contributed by atoms with van der Waals surface area (Å²) < 4.78 is 3.58. The van der Waals surface area contributed by atoms with Crippen molar-refractivity contribution >= 4 is 22.7 Å². The van der Waals surface area contributed by atoms with Crippen molar-refractivity contribution in [1.82, 2.24) is 24.3 Å². The number of hydrogen-bond donors (Lipinski definition) is 0. The van der Waals surface area contributed by atoms with E-state index in [4.69, 9.17) is 0 Å². The summed E-state index contributed by atoms with van der Waals surface area (Å²) in [5.41, 5.74) is 0.455. The molecule has 3 aromatic rings. The first-order valence-corrected chi connectivity index (χ1v) is 11.2. The number of nitriles is 1. The molecule has 8 heteroatoms. The smallest absolute Gasteiger partial charge is 0.262 e. The molecule has 2 heterocycles. The van der Waals surface area contributed by atoms with Crippen LogP contribution in [0.3, 0.4) is 0 Å². The SMILES string of the molecule is C=CCn1c(SCc2nc3ccccc3c(=O)n2CC#N)nnc1C1CCCCC1. The molecule has 7 nitrogen and oxygen atoms in total. The summed E-state index contributed by atoms with van der Waals surface area (Å²) in [6.45, 7) is 4.51. The maximum atomic E-state index is 12.8. The Hall–Kier alpha value is -2.92. The fourth-order valence-corrected chi connectivity index (χ4v) is 4.96. The zero-order valence-electron chi connectivity index (χ0n) is 16.8. The third-order valence-electron chi connectivity index (χ3n) is 5.53. The van der Waals surface area contributed by atoms with E-state index < -0.39 is 0 Å². The number of fused-ring (bicyclic) bond motifs is 1. The molecule has 1 saturated carbocycles. The average Bonchev–Trinajstić information content (AvgIpc) is 3.18. The molecule has 1 aliphatic carbocycles. The summed E-state index contributed by atoms with van der Waals surface area (Å²) in [5, 5.41) is 19.5. The van der Waals surface area contributed by atoms with E-state index in [1.807, 2.05) is 18.2 Å². The molecule has 0 atom stereocenters. The lowest BCUT2D eigenvalue weighted by Gasteiger charge is -2.21. The third kappa shape index (κ3) is 4.03. The molecule has 0 unspecified atom stereocenters. The number of rotatable bonds is 7. The van der Waals surface area contributed by atoms with E-state index in [0.717, 1.165) is 23.8 Å². The van der Waals surface area contributed by atoms with Crippen molar-refractivity contribution < 1.29 is 0 Å². The van der Waals surface area contributed by atoms with Crippen molar-refractivity contribution in [3.05, 3.63) is 58.9 Å². The van der Waals surface area contributed by atoms with Gasteiger partial charge in [-0.2, -0.15) is 5.26 Å². The minimum absolute atomic E-state index is 0.0285. The van der Waals surface area contributed by atoms with Crippen LogP contribution in [0, 0.1) is 11.3 Å². The van der Waals surface area contributed by atoms with Crippen molar-refractivity contribution in [3.63, 3.8) is 0 Å². The monoisotopic (exact) mass is 420 g/mol. The number of aromatic nitrogens is 5. The van der Waals surface area contributed by atoms with Gasteiger partial charge in [0, 0.05) is 12.5 Å². The zero-order valence-corrected chi connectivity index (χ0v) is 17.6. The molecule has 2 aromatic heterocycles. The van der Waals surface area contributed by atoms with E-state index in [0.29, 0.717) is 34.9 Å². The van der Waals surface area contributed by atoms with E-state index in [9.17, 15) is 10.1 Å². The van der Waals surface area contributed by atoms with Crippen LogP contribution < -0.4 is 5.56 Å². The van der Waals surface area contributed by atoms with Crippen molar-refractivity contribution in [1.29, 1.82) is 5.26 Å². The highest BCUT2D eigenvalue weighted by atomic mass is 32.2. The van der Waals surface area contributed by atoms with Crippen LogP contribution in [0.25, 0.3) is 10.9 Å². The average molecular weight is 421 g/mol. The minimum atomic E-state index is -0.187. The molecule has 1 aliphatic rings. The Labute approximate surface area is 179 Å². The molecule has 30 heavy (non-hydrogen) atoms. The molecule has 0 aliphatic heterocycles. The second-order valence-electron chi connectivity index (χ2n) is 7.46. The summed E-state index contributed by atoms with van der Waals surface area (Å²) in [5.74, 6) is 2.47. The summed E-state index contributed by atoms with van der Waals surface area (Å²) in [7, 11) is 0. The van der Waals surface area contributed by atoms with Crippen LogP contribution in [0.15, 0.2) is 46.9 Å². The molecule has 1 aromatic carbocycles. The van der Waals surface area contributed by atoms with Crippen LogP contribution in [-0.2, 0) is 18.8 Å². The maximum absolute atomic E-state index is 12.8. The van der Waals surface area contributed by atoms with Gasteiger partial charge in [0.25, 0.3) is 5.56 Å². The number of hydrogen-bond acceptors (Lipinski definition) is 6. The molecule has 0 radical (unpaired) electrons. The standard InChI is InChI=1S/C22H24N6OS/c1-2-13-28-20(16-8-4-3-5-9-16)25-26-22(28)30-15-19-24-18-11-7-6-10-17(18)21(29)27(19)14-12-23/h2,6-7,10-11,16H,1,3-5,8-9,13-15H2. The Balaban J connectivity index is 1.65. The largest absolute Gasteiger partial charge is 0.302 e. The van der Waals surface area contributed by atoms with Crippen molar-refractivity contribution in [2.75, 3.05) is 0 Å². The first-order valence-electron chi connectivity index (χ1n) is 10.2. The highest BCUT2D eigenvalue weighted by molar-refractivity contribution is 7.98. The normalized spacial score (nSPS) is 14.6. The second-order valence-corrected chi connectivity index (χ2v) is 8.40. The topological polar surface area (TPSA) is 89.4 Å². The van der Waals surface area contributed by atoms with E-state index in [1.54, 1.807) is 12.1 Å². The van der Waals surface area contributed by atoms with Gasteiger partial charge < -0.3 is 4.57 Å². The lowest BCUT2D eigenvalue weighted by Crippen LogP contribution is -2.24. The van der Waals surface area contributed by atoms with E-state index in [1.165, 1.54) is 35.6 Å². The van der Waals surface area contributed by atoms with Gasteiger partial charge in [-0.1, -0.05) is 49.2 Å². The predicted octanol–water partition coefficient (Wildman–Crippen LogP) is 4.04. The van der Waals surface area contributed by atoms with Gasteiger partial charge in [-0.25, -0.2) is 4.98 Å². The van der Waals surface area contributed by atoms with E-state index in [-0.39, 0.29) is 12.1 Å². The van der Waals surface area contributed by atoms with Crippen molar-refractivity contribution in [2.45, 2.75) is 62.0 Å². The van der Waals surface area contributed by atoms with Crippen LogP contribution in [0.4, 0.5) is 0 Å². The first kappa shape index (κ1) is 20.4. The molecule has 154 valence electrons. The van der Waals surface area contributed by atoms with E-state index in [2.05, 4.69) is 32.4 Å². The number of para-hydroxylation sites is 1. The Morgan fingerprint density at radius 2 is 2.00 bits per heavy atom. The summed E-state index contributed by atoms with van der Waals surface area (Å²) in [6, 6.07) is 9.30. The molecule has 4 rings (SSSR count). The Kier molecular flexibility index (Phi) is 6.29. The fraction of sp³-hybridized carbons (Fsp3) is 0.409. The van der Waals surface area contributed by atoms with Crippen LogP contribution in [-0.4, -0.2) is 24.3 Å². The Morgan fingerprint density at radius 1 is 1.20 bits per heavy atom. The molecule has 0 N–H and O–H groups in total. The Bertz CT molecular complexity index is 1150. The highest BCUT2D eigenvalue weighted by Gasteiger charge is 2.23. The zero-order chi connectivity index (χ0) is 20.9. The molecule has 0 bridgehead atoms. The molecular formula is C22H24N6OS. The number of thioether (sulfide) groups is 1. The van der Waals surface area contributed by atoms with Gasteiger partial charge in [0.2, 0.25) is 0 Å². The number of allylic oxidation sites excluding steroid dienone is 1. The summed E-state index contributed by atoms with van der Waals surface area (Å²) in [4.78, 5) is 17.5. The van der Waals surface area contributed by atoms with Crippen molar-refractivity contribution in [2.24, 2.45) is 0 Å². The van der Waals surface area contributed by atoms with Gasteiger partial charge in [-0.05, 0) is 25.0 Å². The van der Waals surface area contributed by atoms with Gasteiger partial charge >= 0.3 is 0 Å². The van der Waals surface area contributed by atoms with Gasteiger partial charge in [0.1, 0.15) is 18.2 Å². The first-order chi connectivity index (χ1) is 14.7. The molecular weight excluding hydrogens is 396 g/mol. The van der Waals surface area contributed by atoms with Crippen LogP contribution >= 0.6 is 11.8 Å². The quantitative estimate of drug-likeness (QED) is 0.423. The molecule has 1 fully saturated rings. The number of nitrogens with zero attached hydrogens (tertiary/aromatic N) is 6. The van der Waals surface area contributed by atoms with Crippen molar-refractivity contribution in [3.8, 4) is 6.07 Å². The van der Waals surface area contributed by atoms with Gasteiger partial charge in [0.05, 0.1) is 22.7 Å². The van der Waals surface area contributed by atoms with Crippen LogP contribution in [0.1, 0.15) is 49.7 Å². The number of benzene rings is 1. The maximum Gasteiger partial charge on any atom is 0.262 e. The lowest BCUT2D eigenvalue weighted by molar-refractivity contribution is 0.415. The molecule has 0 amide bonds. The van der Waals surface area contributed by atoms with Crippen LogP contribution in [0.5, 0.6) is 0 Å². The third-order valence-corrected chi connectivity index (χ3v) is 6.49. The van der Waals surface area contributed by atoms with Gasteiger partial charge in [0.15, 0.2) is 5.16 Å². The predicted molar refractivity (Wildman–Crippen MR) is 117 cm³/mol. The van der Waals surface area contributed by atoms with E-state index >= 15 is 0 Å².